The molecule has 0 aromatic carbocycles. The molecule has 1 atom stereocenters. The number of aryl methyl sites for hydroxylation is 3. The molecule has 0 bridgehead atoms. The second-order valence-electron chi connectivity index (χ2n) is 6.34. The molecule has 1 amide bonds. The summed E-state index contributed by atoms with van der Waals surface area (Å²) in [5.41, 5.74) is 1.74. The summed E-state index contributed by atoms with van der Waals surface area (Å²) < 4.78 is 1.97. The predicted octanol–water partition coefficient (Wildman–Crippen LogP) is 0.201. The van der Waals surface area contributed by atoms with Gasteiger partial charge in [0.15, 0.2) is 0 Å². The van der Waals surface area contributed by atoms with Crippen molar-refractivity contribution < 1.29 is 4.79 Å². The van der Waals surface area contributed by atoms with Crippen molar-refractivity contribution in [2.45, 2.75) is 39.7 Å². The molecule has 3 rings (SSSR count). The summed E-state index contributed by atoms with van der Waals surface area (Å²) in [7, 11) is 0. The summed E-state index contributed by atoms with van der Waals surface area (Å²) in [4.78, 5) is 42.1. The van der Waals surface area contributed by atoms with Gasteiger partial charge in [-0.3, -0.25) is 19.3 Å². The maximum absolute atomic E-state index is 12.5. The molecule has 1 aliphatic rings. The summed E-state index contributed by atoms with van der Waals surface area (Å²) in [5.74, 6) is -0.111. The van der Waals surface area contributed by atoms with Gasteiger partial charge in [0.2, 0.25) is 5.91 Å². The summed E-state index contributed by atoms with van der Waals surface area (Å²) in [6, 6.07) is 2.19. The molecular formula is C16H21N5O3. The Balaban J connectivity index is 1.73. The number of hydrogen-bond acceptors (Lipinski definition) is 4. The van der Waals surface area contributed by atoms with Gasteiger partial charge in [-0.1, -0.05) is 0 Å². The van der Waals surface area contributed by atoms with Crippen molar-refractivity contribution in [1.29, 1.82) is 0 Å². The molecule has 8 nitrogen and oxygen atoms in total. The van der Waals surface area contributed by atoms with Gasteiger partial charge >= 0.3 is 5.69 Å². The molecule has 0 saturated carbocycles. The van der Waals surface area contributed by atoms with Gasteiger partial charge in [-0.05, 0) is 33.3 Å². The Morgan fingerprint density at radius 1 is 1.29 bits per heavy atom. The first-order valence-electron chi connectivity index (χ1n) is 7.97. The van der Waals surface area contributed by atoms with Crippen LogP contribution in [0.4, 0.5) is 0 Å². The number of rotatable bonds is 3. The molecule has 128 valence electrons. The van der Waals surface area contributed by atoms with E-state index in [0.29, 0.717) is 24.3 Å². The third kappa shape index (κ3) is 3.04. The maximum atomic E-state index is 12.5. The van der Waals surface area contributed by atoms with Crippen molar-refractivity contribution >= 4 is 5.91 Å². The third-order valence-corrected chi connectivity index (χ3v) is 4.49. The number of carbonyl (C=O) groups is 1. The van der Waals surface area contributed by atoms with E-state index in [-0.39, 0.29) is 18.4 Å². The monoisotopic (exact) mass is 331 g/mol. The lowest BCUT2D eigenvalue weighted by atomic mass is 10.1. The standard InChI is InChI=1S/C16H21N5O3/c1-9-6-10(2)21(19-9)12-4-5-20(8-12)14(22)7-13-11(3)17-16(24)18-15(13)23/h6,12H,4-5,7-8H2,1-3H3,(H2,17,18,23,24)/t12-/m1/s1. The molecule has 0 radical (unpaired) electrons. The van der Waals surface area contributed by atoms with Crippen LogP contribution in [0.5, 0.6) is 0 Å². The van der Waals surface area contributed by atoms with E-state index in [9.17, 15) is 14.4 Å². The Morgan fingerprint density at radius 2 is 2.04 bits per heavy atom. The van der Waals surface area contributed by atoms with Gasteiger partial charge in [-0.25, -0.2) is 4.79 Å². The first-order chi connectivity index (χ1) is 11.3. The summed E-state index contributed by atoms with van der Waals surface area (Å²) in [5, 5.41) is 4.49. The van der Waals surface area contributed by atoms with Crippen molar-refractivity contribution in [2.75, 3.05) is 13.1 Å². The van der Waals surface area contributed by atoms with Crippen LogP contribution >= 0.6 is 0 Å². The fourth-order valence-electron chi connectivity index (χ4n) is 3.29. The summed E-state index contributed by atoms with van der Waals surface area (Å²) >= 11 is 0. The predicted molar refractivity (Wildman–Crippen MR) is 88.1 cm³/mol. The second-order valence-corrected chi connectivity index (χ2v) is 6.34. The molecule has 1 fully saturated rings. The van der Waals surface area contributed by atoms with Crippen molar-refractivity contribution in [3.63, 3.8) is 0 Å². The number of likely N-dealkylation sites (tertiary alicyclic amines) is 1. The first-order valence-corrected chi connectivity index (χ1v) is 7.97. The lowest BCUT2D eigenvalue weighted by Gasteiger charge is -2.17. The minimum atomic E-state index is -0.556. The number of nitrogens with zero attached hydrogens (tertiary/aromatic N) is 3. The highest BCUT2D eigenvalue weighted by atomic mass is 16.2. The van der Waals surface area contributed by atoms with Crippen molar-refractivity contribution in [2.24, 2.45) is 0 Å². The number of aromatic amines is 2. The Morgan fingerprint density at radius 3 is 2.67 bits per heavy atom. The number of H-pyrrole nitrogens is 2. The molecule has 1 saturated heterocycles. The number of aromatic nitrogens is 4. The van der Waals surface area contributed by atoms with Crippen LogP contribution in [0.25, 0.3) is 0 Å². The van der Waals surface area contributed by atoms with E-state index >= 15 is 0 Å². The summed E-state index contributed by atoms with van der Waals surface area (Å²) in [6.07, 6.45) is 0.830. The van der Waals surface area contributed by atoms with Crippen LogP contribution in [-0.4, -0.2) is 43.6 Å². The van der Waals surface area contributed by atoms with Crippen LogP contribution in [0.3, 0.4) is 0 Å². The first kappa shape index (κ1) is 16.2. The van der Waals surface area contributed by atoms with Crippen molar-refractivity contribution in [3.8, 4) is 0 Å². The van der Waals surface area contributed by atoms with Crippen LogP contribution in [0.2, 0.25) is 0 Å². The topological polar surface area (TPSA) is 104 Å². The minimum absolute atomic E-state index is 0.0121. The van der Waals surface area contributed by atoms with E-state index in [1.807, 2.05) is 24.6 Å². The Kier molecular flexibility index (Phi) is 4.13. The van der Waals surface area contributed by atoms with Gasteiger partial charge in [0, 0.05) is 30.0 Å². The highest BCUT2D eigenvalue weighted by molar-refractivity contribution is 5.79. The van der Waals surface area contributed by atoms with Gasteiger partial charge in [0.1, 0.15) is 0 Å². The quantitative estimate of drug-likeness (QED) is 0.838. The number of carbonyl (C=O) groups excluding carboxylic acids is 1. The molecule has 0 unspecified atom stereocenters. The molecule has 1 aliphatic heterocycles. The second kappa shape index (κ2) is 6.10. The third-order valence-electron chi connectivity index (χ3n) is 4.49. The molecule has 24 heavy (non-hydrogen) atoms. The van der Waals surface area contributed by atoms with Crippen molar-refractivity contribution in [1.82, 2.24) is 24.6 Å². The van der Waals surface area contributed by atoms with E-state index in [0.717, 1.165) is 17.8 Å². The van der Waals surface area contributed by atoms with Gasteiger partial charge in [0.05, 0.1) is 18.2 Å². The van der Waals surface area contributed by atoms with Crippen LogP contribution in [0.15, 0.2) is 15.7 Å². The zero-order valence-corrected chi connectivity index (χ0v) is 14.0. The van der Waals surface area contributed by atoms with Gasteiger partial charge in [-0.2, -0.15) is 5.10 Å². The Labute approximate surface area is 138 Å². The summed E-state index contributed by atoms with van der Waals surface area (Å²) in [6.45, 7) is 6.81. The average molecular weight is 331 g/mol. The smallest absolute Gasteiger partial charge is 0.325 e. The molecule has 2 aromatic heterocycles. The lowest BCUT2D eigenvalue weighted by Crippen LogP contribution is -2.34. The van der Waals surface area contributed by atoms with Crippen molar-refractivity contribution in [3.05, 3.63) is 49.5 Å². The highest BCUT2D eigenvalue weighted by Crippen LogP contribution is 2.23. The van der Waals surface area contributed by atoms with Crippen LogP contribution in [0.1, 0.15) is 35.1 Å². The van der Waals surface area contributed by atoms with Crippen LogP contribution in [-0.2, 0) is 11.2 Å². The fraction of sp³-hybridized carbons (Fsp3) is 0.500. The van der Waals surface area contributed by atoms with Crippen LogP contribution in [0, 0.1) is 20.8 Å². The lowest BCUT2D eigenvalue weighted by molar-refractivity contribution is -0.129. The van der Waals surface area contributed by atoms with Crippen LogP contribution < -0.4 is 11.2 Å². The molecule has 8 heteroatoms. The molecule has 2 N–H and O–H groups in total. The van der Waals surface area contributed by atoms with E-state index in [1.54, 1.807) is 11.8 Å². The van der Waals surface area contributed by atoms with Gasteiger partial charge in [0.25, 0.3) is 5.56 Å². The highest BCUT2D eigenvalue weighted by Gasteiger charge is 2.29. The normalized spacial score (nSPS) is 17.5. The fourth-order valence-corrected chi connectivity index (χ4v) is 3.29. The SMILES string of the molecule is Cc1cc(C)n([C@@H]2CCN(C(=O)Cc3c(C)[nH]c(=O)[nH]c3=O)C2)n1. The van der Waals surface area contributed by atoms with Gasteiger partial charge in [-0.15, -0.1) is 0 Å². The molecule has 0 spiro atoms. The molecular weight excluding hydrogens is 310 g/mol. The van der Waals surface area contributed by atoms with Gasteiger partial charge < -0.3 is 9.88 Å². The average Bonchev–Trinajstić information content (AvgIpc) is 3.09. The largest absolute Gasteiger partial charge is 0.340 e. The molecule has 2 aromatic rings. The number of nitrogens with one attached hydrogen (secondary N) is 2. The Bertz CT molecular complexity index is 892. The van der Waals surface area contributed by atoms with E-state index in [1.165, 1.54) is 0 Å². The minimum Gasteiger partial charge on any atom is -0.340 e. The number of hydrogen-bond donors (Lipinski definition) is 2. The zero-order chi connectivity index (χ0) is 17.4. The van der Waals surface area contributed by atoms with E-state index in [2.05, 4.69) is 15.1 Å². The number of amides is 1. The molecule has 0 aliphatic carbocycles. The zero-order valence-electron chi connectivity index (χ0n) is 14.0. The Hall–Kier alpha value is -2.64. The van der Waals surface area contributed by atoms with E-state index in [4.69, 9.17) is 0 Å². The van der Waals surface area contributed by atoms with E-state index < -0.39 is 11.2 Å². The molecule has 3 heterocycles. The maximum Gasteiger partial charge on any atom is 0.325 e.